The molecule has 0 saturated carbocycles. The summed E-state index contributed by atoms with van der Waals surface area (Å²) in [4.78, 5) is 6.81. The Bertz CT molecular complexity index is 365. The van der Waals surface area contributed by atoms with Gasteiger partial charge in [-0.2, -0.15) is 4.98 Å². The van der Waals surface area contributed by atoms with E-state index >= 15 is 0 Å². The second-order valence-corrected chi connectivity index (χ2v) is 4.68. The van der Waals surface area contributed by atoms with E-state index < -0.39 is 0 Å². The molecule has 4 nitrogen and oxygen atoms in total. The minimum atomic E-state index is 0.0949. The molecule has 1 aliphatic rings. The molecule has 1 N–H and O–H groups in total. The topological polar surface area (TPSA) is 37.4 Å². The lowest BCUT2D eigenvalue weighted by Gasteiger charge is -2.43. The zero-order valence-electron chi connectivity index (χ0n) is 10.2. The van der Waals surface area contributed by atoms with Gasteiger partial charge in [0.05, 0.1) is 7.11 Å². The predicted octanol–water partition coefficient (Wildman–Crippen LogP) is 1.28. The standard InChI is InChI=1S/C12H19N3O/c1-12(2)9-13-7-8-15(12)10-5-4-6-11(14-10)16-3/h4-6,13H,7-9H2,1-3H3. The highest BCUT2D eigenvalue weighted by atomic mass is 16.5. The van der Waals surface area contributed by atoms with Gasteiger partial charge in [0.25, 0.3) is 0 Å². The van der Waals surface area contributed by atoms with E-state index in [9.17, 15) is 0 Å². The number of rotatable bonds is 2. The summed E-state index contributed by atoms with van der Waals surface area (Å²) in [6.07, 6.45) is 0. The Kier molecular flexibility index (Phi) is 3.01. The van der Waals surface area contributed by atoms with E-state index in [1.165, 1.54) is 0 Å². The monoisotopic (exact) mass is 221 g/mol. The van der Waals surface area contributed by atoms with Crippen molar-refractivity contribution in [3.05, 3.63) is 18.2 Å². The van der Waals surface area contributed by atoms with Crippen LogP contribution in [0.1, 0.15) is 13.8 Å². The van der Waals surface area contributed by atoms with Crippen LogP contribution in [-0.2, 0) is 0 Å². The summed E-state index contributed by atoms with van der Waals surface area (Å²) in [5.41, 5.74) is 0.0949. The second-order valence-electron chi connectivity index (χ2n) is 4.68. The summed E-state index contributed by atoms with van der Waals surface area (Å²) in [7, 11) is 1.65. The second kappa shape index (κ2) is 4.29. The van der Waals surface area contributed by atoms with Crippen LogP contribution in [0.15, 0.2) is 18.2 Å². The molecule has 2 rings (SSSR count). The lowest BCUT2D eigenvalue weighted by atomic mass is 10.0. The van der Waals surface area contributed by atoms with Crippen LogP contribution in [-0.4, -0.2) is 37.3 Å². The minimum Gasteiger partial charge on any atom is -0.481 e. The number of hydrogen-bond acceptors (Lipinski definition) is 4. The van der Waals surface area contributed by atoms with Gasteiger partial charge < -0.3 is 15.0 Å². The van der Waals surface area contributed by atoms with Crippen molar-refractivity contribution in [2.45, 2.75) is 19.4 Å². The zero-order chi connectivity index (χ0) is 11.6. The molecule has 1 fully saturated rings. The van der Waals surface area contributed by atoms with E-state index in [1.807, 2.05) is 18.2 Å². The third-order valence-corrected chi connectivity index (χ3v) is 3.00. The summed E-state index contributed by atoms with van der Waals surface area (Å²) >= 11 is 0. The van der Waals surface area contributed by atoms with E-state index in [1.54, 1.807) is 7.11 Å². The van der Waals surface area contributed by atoms with Crippen LogP contribution in [0.4, 0.5) is 5.82 Å². The van der Waals surface area contributed by atoms with Gasteiger partial charge in [0.2, 0.25) is 5.88 Å². The molecule has 0 aromatic carbocycles. The summed E-state index contributed by atoms with van der Waals surface area (Å²) < 4.78 is 5.16. The molecule has 16 heavy (non-hydrogen) atoms. The van der Waals surface area contributed by atoms with Crippen molar-refractivity contribution < 1.29 is 4.74 Å². The highest BCUT2D eigenvalue weighted by Crippen LogP contribution is 2.24. The van der Waals surface area contributed by atoms with Crippen LogP contribution in [0, 0.1) is 0 Å². The van der Waals surface area contributed by atoms with Crippen LogP contribution < -0.4 is 15.0 Å². The van der Waals surface area contributed by atoms with Gasteiger partial charge in [-0.1, -0.05) is 6.07 Å². The summed E-state index contributed by atoms with van der Waals surface area (Å²) in [5.74, 6) is 1.66. The van der Waals surface area contributed by atoms with E-state index in [2.05, 4.69) is 29.0 Å². The molecule has 4 heteroatoms. The third-order valence-electron chi connectivity index (χ3n) is 3.00. The first kappa shape index (κ1) is 11.2. The highest BCUT2D eigenvalue weighted by Gasteiger charge is 2.30. The van der Waals surface area contributed by atoms with Gasteiger partial charge in [0.15, 0.2) is 0 Å². The maximum atomic E-state index is 5.16. The van der Waals surface area contributed by atoms with Gasteiger partial charge in [-0.3, -0.25) is 0 Å². The fourth-order valence-corrected chi connectivity index (χ4v) is 2.08. The van der Waals surface area contributed by atoms with Gasteiger partial charge in [-0.25, -0.2) is 0 Å². The zero-order valence-corrected chi connectivity index (χ0v) is 10.2. The number of ether oxygens (including phenoxy) is 1. The van der Waals surface area contributed by atoms with E-state index in [0.717, 1.165) is 25.5 Å². The summed E-state index contributed by atoms with van der Waals surface area (Å²) in [6.45, 7) is 7.40. The Hall–Kier alpha value is -1.29. The molecule has 1 aliphatic heterocycles. The number of piperazine rings is 1. The predicted molar refractivity (Wildman–Crippen MR) is 65.1 cm³/mol. The molecule has 0 spiro atoms. The van der Waals surface area contributed by atoms with Gasteiger partial charge in [0.1, 0.15) is 5.82 Å². The van der Waals surface area contributed by atoms with Gasteiger partial charge in [0, 0.05) is 31.2 Å². The molecule has 1 saturated heterocycles. The van der Waals surface area contributed by atoms with Crippen molar-refractivity contribution in [2.75, 3.05) is 31.6 Å². The number of methoxy groups -OCH3 is 1. The van der Waals surface area contributed by atoms with Crippen LogP contribution in [0.5, 0.6) is 5.88 Å². The van der Waals surface area contributed by atoms with Crippen LogP contribution >= 0.6 is 0 Å². The van der Waals surface area contributed by atoms with Gasteiger partial charge in [-0.15, -0.1) is 0 Å². The van der Waals surface area contributed by atoms with E-state index in [-0.39, 0.29) is 5.54 Å². The van der Waals surface area contributed by atoms with E-state index in [0.29, 0.717) is 5.88 Å². The number of aromatic nitrogens is 1. The largest absolute Gasteiger partial charge is 0.481 e. The lowest BCUT2D eigenvalue weighted by molar-refractivity contribution is 0.371. The number of pyridine rings is 1. The minimum absolute atomic E-state index is 0.0949. The van der Waals surface area contributed by atoms with Crippen molar-refractivity contribution in [3.63, 3.8) is 0 Å². The normalized spacial score (nSPS) is 19.6. The first-order valence-electron chi connectivity index (χ1n) is 5.63. The molecule has 2 heterocycles. The van der Waals surface area contributed by atoms with Crippen LogP contribution in [0.3, 0.4) is 0 Å². The molecule has 1 aromatic rings. The SMILES string of the molecule is COc1cccc(N2CCNCC2(C)C)n1. The Labute approximate surface area is 96.6 Å². The van der Waals surface area contributed by atoms with Crippen molar-refractivity contribution in [2.24, 2.45) is 0 Å². The third kappa shape index (κ3) is 2.11. The van der Waals surface area contributed by atoms with Gasteiger partial charge in [-0.05, 0) is 19.9 Å². The molecule has 0 unspecified atom stereocenters. The summed E-state index contributed by atoms with van der Waals surface area (Å²) in [6, 6.07) is 5.90. The number of anilines is 1. The fraction of sp³-hybridized carbons (Fsp3) is 0.583. The molecule has 0 atom stereocenters. The summed E-state index contributed by atoms with van der Waals surface area (Å²) in [5, 5.41) is 3.40. The fourth-order valence-electron chi connectivity index (χ4n) is 2.08. The highest BCUT2D eigenvalue weighted by molar-refractivity contribution is 5.44. The Balaban J connectivity index is 2.27. The van der Waals surface area contributed by atoms with Crippen molar-refractivity contribution >= 4 is 5.82 Å². The first-order valence-corrected chi connectivity index (χ1v) is 5.63. The van der Waals surface area contributed by atoms with Crippen molar-refractivity contribution in [1.29, 1.82) is 0 Å². The van der Waals surface area contributed by atoms with E-state index in [4.69, 9.17) is 4.74 Å². The molecule has 0 amide bonds. The molecular formula is C12H19N3O. The quantitative estimate of drug-likeness (QED) is 0.816. The molecule has 1 aromatic heterocycles. The molecule has 0 bridgehead atoms. The molecule has 88 valence electrons. The Morgan fingerprint density at radius 1 is 1.44 bits per heavy atom. The first-order chi connectivity index (χ1) is 7.63. The number of hydrogen-bond donors (Lipinski definition) is 1. The maximum Gasteiger partial charge on any atom is 0.214 e. The Morgan fingerprint density at radius 3 is 2.94 bits per heavy atom. The van der Waals surface area contributed by atoms with Gasteiger partial charge >= 0.3 is 0 Å². The van der Waals surface area contributed by atoms with Crippen LogP contribution in [0.25, 0.3) is 0 Å². The molecular weight excluding hydrogens is 202 g/mol. The molecule has 0 radical (unpaired) electrons. The van der Waals surface area contributed by atoms with Crippen LogP contribution in [0.2, 0.25) is 0 Å². The van der Waals surface area contributed by atoms with Crippen molar-refractivity contribution in [3.8, 4) is 5.88 Å². The Morgan fingerprint density at radius 2 is 2.25 bits per heavy atom. The number of nitrogens with one attached hydrogen (secondary N) is 1. The lowest BCUT2D eigenvalue weighted by Crippen LogP contribution is -2.58. The smallest absolute Gasteiger partial charge is 0.214 e. The molecule has 0 aliphatic carbocycles. The average Bonchev–Trinajstić information content (AvgIpc) is 2.28. The van der Waals surface area contributed by atoms with Crippen molar-refractivity contribution in [1.82, 2.24) is 10.3 Å². The number of nitrogens with zero attached hydrogens (tertiary/aromatic N) is 2. The maximum absolute atomic E-state index is 5.16. The average molecular weight is 221 g/mol.